The van der Waals surface area contributed by atoms with Gasteiger partial charge in [-0.3, -0.25) is 4.57 Å². The molecule has 4 heteroatoms. The molecule has 14 rings (SSSR count). The lowest BCUT2D eigenvalue weighted by Crippen LogP contribution is -2.00. The van der Waals surface area contributed by atoms with Crippen molar-refractivity contribution < 1.29 is 0 Å². The lowest BCUT2D eigenvalue weighted by Gasteiger charge is -2.13. The number of rotatable bonds is 7. The Balaban J connectivity index is 1.00. The van der Waals surface area contributed by atoms with Crippen molar-refractivity contribution in [1.82, 2.24) is 18.7 Å². The van der Waals surface area contributed by atoms with Gasteiger partial charge in [0.05, 0.1) is 38.8 Å². The largest absolute Gasteiger partial charge is 0.309 e. The van der Waals surface area contributed by atoms with Crippen LogP contribution in [0.25, 0.3) is 127 Å². The van der Waals surface area contributed by atoms with Crippen LogP contribution in [0.4, 0.5) is 0 Å². The highest BCUT2D eigenvalue weighted by Crippen LogP contribution is 2.45. The molecule has 0 amide bonds. The van der Waals surface area contributed by atoms with Gasteiger partial charge < -0.3 is 9.13 Å². The van der Waals surface area contributed by atoms with Crippen molar-refractivity contribution in [2.24, 2.45) is 0 Å². The van der Waals surface area contributed by atoms with Crippen molar-refractivity contribution in [3.8, 4) is 61.8 Å². The summed E-state index contributed by atoms with van der Waals surface area (Å²) in [5, 5.41) is 7.27. The number of hydrogen-bond donors (Lipinski definition) is 0. The molecule has 322 valence electrons. The molecule has 0 radical (unpaired) electrons. The van der Waals surface area contributed by atoms with E-state index in [9.17, 15) is 0 Å². The van der Waals surface area contributed by atoms with E-state index in [4.69, 9.17) is 4.98 Å². The summed E-state index contributed by atoms with van der Waals surface area (Å²) in [6.45, 7) is 0. The Kier molecular flexibility index (Phi) is 8.86. The molecule has 0 aliphatic carbocycles. The third-order valence-electron chi connectivity index (χ3n) is 14.0. The van der Waals surface area contributed by atoms with Crippen molar-refractivity contribution in [2.45, 2.75) is 0 Å². The number of hydrogen-bond acceptors (Lipinski definition) is 1. The third-order valence-corrected chi connectivity index (χ3v) is 14.0. The number of benzene rings is 10. The van der Waals surface area contributed by atoms with Gasteiger partial charge in [0.25, 0.3) is 0 Å². The van der Waals surface area contributed by atoms with Gasteiger partial charge in [-0.05, 0) is 112 Å². The summed E-state index contributed by atoms with van der Waals surface area (Å²) in [5.41, 5.74) is 18.3. The highest BCUT2D eigenvalue weighted by atomic mass is 15.1. The summed E-state index contributed by atoms with van der Waals surface area (Å²) < 4.78 is 7.23. The normalized spacial score (nSPS) is 11.8. The number of aromatic nitrogens is 4. The maximum absolute atomic E-state index is 5.44. The number of para-hydroxylation sites is 3. The van der Waals surface area contributed by atoms with Gasteiger partial charge in [-0.25, -0.2) is 4.98 Å². The Bertz CT molecular complexity index is 4220. The lowest BCUT2D eigenvalue weighted by atomic mass is 9.95. The van der Waals surface area contributed by atoms with Gasteiger partial charge in [0.15, 0.2) is 0 Å². The summed E-state index contributed by atoms with van der Waals surface area (Å²) in [6, 6.07) is 92.2. The first-order chi connectivity index (χ1) is 34.2. The first kappa shape index (κ1) is 39.0. The van der Waals surface area contributed by atoms with Crippen LogP contribution in [0.5, 0.6) is 0 Å². The molecule has 0 unspecified atom stereocenters. The topological polar surface area (TPSA) is 27.7 Å². The zero-order valence-electron chi connectivity index (χ0n) is 37.5. The minimum absolute atomic E-state index is 0.883. The molecule has 14 aromatic rings. The van der Waals surface area contributed by atoms with Crippen LogP contribution in [0.1, 0.15) is 0 Å². The van der Waals surface area contributed by atoms with Crippen molar-refractivity contribution in [1.29, 1.82) is 0 Å². The van der Waals surface area contributed by atoms with E-state index in [0.29, 0.717) is 0 Å². The highest BCUT2D eigenvalue weighted by molar-refractivity contribution is 6.22. The van der Waals surface area contributed by atoms with Gasteiger partial charge in [0.2, 0.25) is 0 Å². The van der Waals surface area contributed by atoms with Crippen molar-refractivity contribution in [3.05, 3.63) is 255 Å². The minimum atomic E-state index is 0.883. The molecule has 10 aromatic carbocycles. The van der Waals surface area contributed by atoms with E-state index in [1.807, 2.05) is 0 Å². The van der Waals surface area contributed by atoms with Crippen LogP contribution in [0.2, 0.25) is 0 Å². The predicted molar refractivity (Wildman–Crippen MR) is 289 cm³/mol. The van der Waals surface area contributed by atoms with Gasteiger partial charge in [-0.2, -0.15) is 0 Å². The smallest absolute Gasteiger partial charge is 0.138 e. The summed E-state index contributed by atoms with van der Waals surface area (Å²) in [6.07, 6.45) is 0. The fraction of sp³-hybridized carbons (Fsp3) is 0. The first-order valence-corrected chi connectivity index (χ1v) is 23.6. The van der Waals surface area contributed by atoms with Crippen LogP contribution in [-0.4, -0.2) is 18.7 Å². The van der Waals surface area contributed by atoms with Crippen LogP contribution in [0.15, 0.2) is 255 Å². The molecule has 0 aliphatic heterocycles. The Morgan fingerprint density at radius 3 is 1.35 bits per heavy atom. The molecule has 0 saturated heterocycles. The molecule has 0 aliphatic rings. The van der Waals surface area contributed by atoms with E-state index in [0.717, 1.165) is 56.1 Å². The molecule has 0 saturated carbocycles. The predicted octanol–water partition coefficient (Wildman–Crippen LogP) is 17.0. The second kappa shape index (κ2) is 15.7. The number of pyridine rings is 1. The van der Waals surface area contributed by atoms with Gasteiger partial charge in [-0.15, -0.1) is 0 Å². The standard InChI is InChI=1S/C65H42N4/c1-5-19-43(20-6-1)46-35-37-59-54(39-46)55-42-49(36-38-60(55)67(59)48-25-11-4-12-26-48)68-57-31-15-13-27-52(57)64-50(29-17-33-61(64)68)51-30-18-34-62-65(51)53-28-14-16-32-58(53)69(62)63-41-47(44-21-7-2-8-22-44)40-56(66-63)45-23-9-3-10-24-45/h1-42H. The second-order valence-corrected chi connectivity index (χ2v) is 17.9. The van der Waals surface area contributed by atoms with Crippen molar-refractivity contribution >= 4 is 65.4 Å². The van der Waals surface area contributed by atoms with Crippen LogP contribution in [0.3, 0.4) is 0 Å². The maximum atomic E-state index is 5.44. The van der Waals surface area contributed by atoms with E-state index in [1.165, 1.54) is 71.1 Å². The fourth-order valence-electron chi connectivity index (χ4n) is 11.0. The molecular formula is C65H42N4. The highest BCUT2D eigenvalue weighted by Gasteiger charge is 2.23. The van der Waals surface area contributed by atoms with Gasteiger partial charge in [0, 0.05) is 49.3 Å². The monoisotopic (exact) mass is 878 g/mol. The SMILES string of the molecule is c1ccc(-c2cc(-c3ccccc3)nc(-n3c4ccccc4c4c(-c5cccc6c5c5ccccc5n6-c5ccc6c(c5)c5cc(-c7ccccc7)ccc5n6-c5ccccc5)cccc43)c2)cc1. The molecule has 0 bridgehead atoms. The van der Waals surface area contributed by atoms with E-state index in [2.05, 4.69) is 268 Å². The summed E-state index contributed by atoms with van der Waals surface area (Å²) in [4.78, 5) is 5.44. The molecule has 0 N–H and O–H groups in total. The Morgan fingerprint density at radius 1 is 0.246 bits per heavy atom. The van der Waals surface area contributed by atoms with Crippen molar-refractivity contribution in [3.63, 3.8) is 0 Å². The average Bonchev–Trinajstić information content (AvgIpc) is 4.07. The Morgan fingerprint density at radius 2 is 0.710 bits per heavy atom. The number of fused-ring (bicyclic) bond motifs is 9. The molecule has 0 spiro atoms. The Labute approximate surface area is 398 Å². The molecule has 4 nitrogen and oxygen atoms in total. The molecule has 69 heavy (non-hydrogen) atoms. The quantitative estimate of drug-likeness (QED) is 0.157. The first-order valence-electron chi connectivity index (χ1n) is 23.6. The zero-order chi connectivity index (χ0) is 45.4. The van der Waals surface area contributed by atoms with E-state index in [1.54, 1.807) is 0 Å². The van der Waals surface area contributed by atoms with Gasteiger partial charge >= 0.3 is 0 Å². The fourth-order valence-corrected chi connectivity index (χ4v) is 11.0. The molecular weight excluding hydrogens is 837 g/mol. The molecule has 4 heterocycles. The summed E-state index contributed by atoms with van der Waals surface area (Å²) in [7, 11) is 0. The zero-order valence-corrected chi connectivity index (χ0v) is 37.5. The maximum Gasteiger partial charge on any atom is 0.138 e. The summed E-state index contributed by atoms with van der Waals surface area (Å²) >= 11 is 0. The Hall–Kier alpha value is -9.25. The minimum Gasteiger partial charge on any atom is -0.309 e. The van der Waals surface area contributed by atoms with Gasteiger partial charge in [-0.1, -0.05) is 176 Å². The van der Waals surface area contributed by atoms with Crippen LogP contribution in [0, 0.1) is 0 Å². The van der Waals surface area contributed by atoms with Crippen LogP contribution < -0.4 is 0 Å². The van der Waals surface area contributed by atoms with Crippen molar-refractivity contribution in [2.75, 3.05) is 0 Å². The van der Waals surface area contributed by atoms with E-state index >= 15 is 0 Å². The molecule has 0 atom stereocenters. The summed E-state index contributed by atoms with van der Waals surface area (Å²) in [5.74, 6) is 0.883. The number of nitrogens with zero attached hydrogens (tertiary/aromatic N) is 4. The third kappa shape index (κ3) is 6.20. The van der Waals surface area contributed by atoms with E-state index in [-0.39, 0.29) is 0 Å². The van der Waals surface area contributed by atoms with Crippen LogP contribution in [-0.2, 0) is 0 Å². The second-order valence-electron chi connectivity index (χ2n) is 17.9. The van der Waals surface area contributed by atoms with E-state index < -0.39 is 0 Å². The average molecular weight is 879 g/mol. The lowest BCUT2D eigenvalue weighted by molar-refractivity contribution is 1.08. The van der Waals surface area contributed by atoms with Gasteiger partial charge in [0.1, 0.15) is 5.82 Å². The molecule has 0 fully saturated rings. The molecule has 4 aromatic heterocycles. The van der Waals surface area contributed by atoms with Crippen LogP contribution >= 0.6 is 0 Å².